The lowest BCUT2D eigenvalue weighted by Crippen LogP contribution is -2.48. The number of rotatable bonds is 6. The molecule has 1 aromatic rings. The van der Waals surface area contributed by atoms with Crippen LogP contribution in [-0.4, -0.2) is 62.0 Å². The number of benzene rings is 1. The number of halogens is 1. The smallest absolute Gasteiger partial charge is 0.338 e. The molecule has 184 valence electrons. The number of carbonyl (C=O) groups excluding carboxylic acids is 2. The van der Waals surface area contributed by atoms with Crippen LogP contribution in [0.25, 0.3) is 0 Å². The van der Waals surface area contributed by atoms with E-state index in [2.05, 4.69) is 12.2 Å². The van der Waals surface area contributed by atoms with Gasteiger partial charge in [0.2, 0.25) is 10.0 Å². The van der Waals surface area contributed by atoms with Crippen LogP contribution in [0.3, 0.4) is 0 Å². The Balaban J connectivity index is 1.71. The lowest BCUT2D eigenvalue weighted by Gasteiger charge is -2.34. The Labute approximate surface area is 201 Å². The molecule has 1 N–H and O–H groups in total. The highest BCUT2D eigenvalue weighted by Crippen LogP contribution is 2.29. The first-order valence-corrected chi connectivity index (χ1v) is 13.3. The van der Waals surface area contributed by atoms with Gasteiger partial charge < -0.3 is 14.8 Å². The van der Waals surface area contributed by atoms with E-state index in [0.717, 1.165) is 25.7 Å². The van der Waals surface area contributed by atoms with Crippen molar-refractivity contribution in [3.8, 4) is 0 Å². The van der Waals surface area contributed by atoms with Crippen molar-refractivity contribution in [3.05, 3.63) is 28.8 Å². The van der Waals surface area contributed by atoms with Gasteiger partial charge in [-0.3, -0.25) is 4.79 Å². The molecule has 8 nitrogen and oxygen atoms in total. The standard InChI is InChI=1S/C23H33ClN2O6S/c1-14-7-5-6-8-20(14)25-22(27)17(4)32-23(28)18-9-10-19(24)21(11-18)33(29,30)26-12-15(2)31-16(3)13-26/h9-11,14-17,20H,5-8,12-13H2,1-4H3,(H,25,27)/t14-,15-,16-,17-,20+/m0/s1. The van der Waals surface area contributed by atoms with E-state index >= 15 is 0 Å². The molecule has 1 heterocycles. The van der Waals surface area contributed by atoms with Crippen molar-refractivity contribution in [1.29, 1.82) is 0 Å². The minimum Gasteiger partial charge on any atom is -0.449 e. The molecule has 1 saturated carbocycles. The van der Waals surface area contributed by atoms with E-state index in [-0.39, 0.29) is 52.7 Å². The predicted molar refractivity (Wildman–Crippen MR) is 125 cm³/mol. The van der Waals surface area contributed by atoms with E-state index in [1.54, 1.807) is 13.8 Å². The topological polar surface area (TPSA) is 102 Å². The van der Waals surface area contributed by atoms with Crippen LogP contribution >= 0.6 is 11.6 Å². The Bertz CT molecular complexity index is 975. The first-order valence-electron chi connectivity index (χ1n) is 11.5. The van der Waals surface area contributed by atoms with Crippen LogP contribution in [0.5, 0.6) is 0 Å². The molecule has 0 radical (unpaired) electrons. The zero-order chi connectivity index (χ0) is 24.3. The summed E-state index contributed by atoms with van der Waals surface area (Å²) in [6, 6.07) is 4.02. The maximum absolute atomic E-state index is 13.2. The minimum absolute atomic E-state index is 0.00965. The molecule has 1 aromatic carbocycles. The summed E-state index contributed by atoms with van der Waals surface area (Å²) in [5.41, 5.74) is 0.0121. The number of esters is 1. The molecular formula is C23H33ClN2O6S. The highest BCUT2D eigenvalue weighted by molar-refractivity contribution is 7.89. The second-order valence-corrected chi connectivity index (χ2v) is 11.5. The monoisotopic (exact) mass is 500 g/mol. The van der Waals surface area contributed by atoms with Gasteiger partial charge >= 0.3 is 5.97 Å². The van der Waals surface area contributed by atoms with Gasteiger partial charge in [-0.15, -0.1) is 0 Å². The zero-order valence-electron chi connectivity index (χ0n) is 19.5. The van der Waals surface area contributed by atoms with Crippen LogP contribution in [0.15, 0.2) is 23.1 Å². The number of nitrogens with zero attached hydrogens (tertiary/aromatic N) is 1. The number of carbonyl (C=O) groups is 2. The van der Waals surface area contributed by atoms with E-state index in [0.29, 0.717) is 5.92 Å². The molecule has 10 heteroatoms. The number of ether oxygens (including phenoxy) is 2. The fourth-order valence-corrected chi connectivity index (χ4v) is 6.50. The van der Waals surface area contributed by atoms with Gasteiger partial charge in [-0.05, 0) is 57.7 Å². The first kappa shape index (κ1) is 25.9. The maximum Gasteiger partial charge on any atom is 0.338 e. The first-order chi connectivity index (χ1) is 15.5. The molecule has 0 spiro atoms. The van der Waals surface area contributed by atoms with Gasteiger partial charge in [0.1, 0.15) is 4.90 Å². The second-order valence-electron chi connectivity index (χ2n) is 9.15. The summed E-state index contributed by atoms with van der Waals surface area (Å²) < 4.78 is 38.7. The van der Waals surface area contributed by atoms with E-state index < -0.39 is 22.1 Å². The minimum atomic E-state index is -3.95. The van der Waals surface area contributed by atoms with Gasteiger partial charge in [0, 0.05) is 19.1 Å². The van der Waals surface area contributed by atoms with E-state index in [1.807, 2.05) is 0 Å². The molecule has 1 aliphatic heterocycles. The Morgan fingerprint density at radius 2 is 1.79 bits per heavy atom. The zero-order valence-corrected chi connectivity index (χ0v) is 21.1. The van der Waals surface area contributed by atoms with Gasteiger partial charge in [0.25, 0.3) is 5.91 Å². The van der Waals surface area contributed by atoms with Crippen LogP contribution < -0.4 is 5.32 Å². The lowest BCUT2D eigenvalue weighted by atomic mass is 9.86. The largest absolute Gasteiger partial charge is 0.449 e. The van der Waals surface area contributed by atoms with Crippen LogP contribution in [-0.2, 0) is 24.3 Å². The molecule has 5 atom stereocenters. The third-order valence-corrected chi connectivity index (χ3v) is 8.58. The highest BCUT2D eigenvalue weighted by Gasteiger charge is 2.34. The molecule has 0 aromatic heterocycles. The van der Waals surface area contributed by atoms with Gasteiger partial charge in [0.15, 0.2) is 6.10 Å². The summed E-state index contributed by atoms with van der Waals surface area (Å²) in [6.07, 6.45) is 2.65. The molecule has 33 heavy (non-hydrogen) atoms. The summed E-state index contributed by atoms with van der Waals surface area (Å²) >= 11 is 6.20. The third-order valence-electron chi connectivity index (χ3n) is 6.26. The summed E-state index contributed by atoms with van der Waals surface area (Å²) in [5, 5.41) is 2.98. The van der Waals surface area contributed by atoms with E-state index in [4.69, 9.17) is 21.1 Å². The SMILES string of the molecule is C[C@H](OC(=O)c1ccc(Cl)c(S(=O)(=O)N2C[C@H](C)O[C@@H](C)C2)c1)C(=O)N[C@@H]1CCCC[C@@H]1C. The number of nitrogens with one attached hydrogen (secondary N) is 1. The van der Waals surface area contributed by atoms with Crippen LogP contribution in [0.4, 0.5) is 0 Å². The molecule has 1 aliphatic carbocycles. The van der Waals surface area contributed by atoms with E-state index in [9.17, 15) is 18.0 Å². The van der Waals surface area contributed by atoms with Crippen LogP contribution in [0.2, 0.25) is 5.02 Å². The molecule has 0 bridgehead atoms. The molecule has 2 fully saturated rings. The molecule has 1 saturated heterocycles. The van der Waals surface area contributed by atoms with Crippen molar-refractivity contribution in [1.82, 2.24) is 9.62 Å². The third kappa shape index (κ3) is 6.26. The van der Waals surface area contributed by atoms with Crippen molar-refractivity contribution < 1.29 is 27.5 Å². The van der Waals surface area contributed by atoms with Gasteiger partial charge in [0.05, 0.1) is 22.8 Å². The Morgan fingerprint density at radius 3 is 2.42 bits per heavy atom. The number of sulfonamides is 1. The van der Waals surface area contributed by atoms with Gasteiger partial charge in [-0.25, -0.2) is 13.2 Å². The Hall–Kier alpha value is -1.68. The van der Waals surface area contributed by atoms with Crippen molar-refractivity contribution in [2.24, 2.45) is 5.92 Å². The maximum atomic E-state index is 13.2. The molecular weight excluding hydrogens is 468 g/mol. The average Bonchev–Trinajstić information content (AvgIpc) is 2.74. The van der Waals surface area contributed by atoms with Crippen LogP contribution in [0.1, 0.15) is 63.7 Å². The quantitative estimate of drug-likeness (QED) is 0.601. The highest BCUT2D eigenvalue weighted by atomic mass is 35.5. The summed E-state index contributed by atoms with van der Waals surface area (Å²) in [5.74, 6) is -0.772. The van der Waals surface area contributed by atoms with Crippen molar-refractivity contribution >= 4 is 33.5 Å². The number of amides is 1. The lowest BCUT2D eigenvalue weighted by molar-refractivity contribution is -0.130. The van der Waals surface area contributed by atoms with Gasteiger partial charge in [-0.1, -0.05) is 31.4 Å². The molecule has 1 amide bonds. The Kier molecular flexibility index (Phi) is 8.42. The molecule has 3 rings (SSSR count). The summed E-state index contributed by atoms with van der Waals surface area (Å²) in [4.78, 5) is 25.1. The van der Waals surface area contributed by atoms with Gasteiger partial charge in [-0.2, -0.15) is 4.31 Å². The fourth-order valence-electron chi connectivity index (χ4n) is 4.41. The molecule has 0 unspecified atom stereocenters. The summed E-state index contributed by atoms with van der Waals surface area (Å²) in [6.45, 7) is 7.59. The van der Waals surface area contributed by atoms with Crippen molar-refractivity contribution in [2.75, 3.05) is 13.1 Å². The number of morpholine rings is 1. The summed E-state index contributed by atoms with van der Waals surface area (Å²) in [7, 11) is -3.95. The predicted octanol–water partition coefficient (Wildman–Crippen LogP) is 3.38. The van der Waals surface area contributed by atoms with E-state index in [1.165, 1.54) is 29.4 Å². The van der Waals surface area contributed by atoms with Crippen molar-refractivity contribution in [3.63, 3.8) is 0 Å². The number of hydrogen-bond acceptors (Lipinski definition) is 6. The Morgan fingerprint density at radius 1 is 1.15 bits per heavy atom. The fraction of sp³-hybridized carbons (Fsp3) is 0.652. The number of hydrogen-bond donors (Lipinski definition) is 1. The average molecular weight is 501 g/mol. The normalized spacial score (nSPS) is 27.5. The van der Waals surface area contributed by atoms with Crippen LogP contribution in [0, 0.1) is 5.92 Å². The molecule has 2 aliphatic rings. The van der Waals surface area contributed by atoms with Crippen molar-refractivity contribution in [2.45, 2.75) is 82.6 Å². The second kappa shape index (κ2) is 10.7.